The van der Waals surface area contributed by atoms with Crippen molar-refractivity contribution in [2.45, 2.75) is 45.3 Å². The molecule has 0 bridgehead atoms. The van der Waals surface area contributed by atoms with Gasteiger partial charge in [0.2, 0.25) is 0 Å². The quantitative estimate of drug-likeness (QED) is 0.752. The molecule has 0 aromatic carbocycles. The number of urea groups is 1. The van der Waals surface area contributed by atoms with Gasteiger partial charge in [0.25, 0.3) is 5.91 Å². The molecule has 2 atom stereocenters. The van der Waals surface area contributed by atoms with Gasteiger partial charge in [0, 0.05) is 6.61 Å². The summed E-state index contributed by atoms with van der Waals surface area (Å²) in [7, 11) is 0. The maximum atomic E-state index is 12.3. The van der Waals surface area contributed by atoms with Crippen molar-refractivity contribution in [2.24, 2.45) is 5.92 Å². The highest BCUT2D eigenvalue weighted by atomic mass is 16.5. The minimum absolute atomic E-state index is 0.0132. The first-order chi connectivity index (χ1) is 7.95. The number of rotatable bonds is 3. The average Bonchev–Trinajstić information content (AvgIpc) is 2.82. The van der Waals surface area contributed by atoms with Gasteiger partial charge < -0.3 is 10.1 Å². The van der Waals surface area contributed by atoms with Crippen LogP contribution < -0.4 is 5.32 Å². The maximum absolute atomic E-state index is 12.3. The van der Waals surface area contributed by atoms with Crippen LogP contribution in [0.3, 0.4) is 0 Å². The summed E-state index contributed by atoms with van der Waals surface area (Å²) in [6.45, 7) is 6.78. The summed E-state index contributed by atoms with van der Waals surface area (Å²) in [6, 6.07) is -0.290. The fourth-order valence-electron chi connectivity index (χ4n) is 2.26. The molecule has 0 spiro atoms. The first-order valence-corrected chi connectivity index (χ1v) is 6.21. The van der Waals surface area contributed by atoms with Crippen LogP contribution in [-0.2, 0) is 9.53 Å². The van der Waals surface area contributed by atoms with Gasteiger partial charge >= 0.3 is 6.03 Å². The summed E-state index contributed by atoms with van der Waals surface area (Å²) in [6.07, 6.45) is 1.95. The van der Waals surface area contributed by atoms with Crippen molar-refractivity contribution in [1.82, 2.24) is 10.2 Å². The molecule has 0 aromatic heterocycles. The average molecular weight is 240 g/mol. The van der Waals surface area contributed by atoms with Gasteiger partial charge in [-0.15, -0.1) is 0 Å². The van der Waals surface area contributed by atoms with Crippen molar-refractivity contribution in [2.75, 3.05) is 13.2 Å². The number of amides is 3. The minimum atomic E-state index is -0.768. The molecular weight excluding hydrogens is 220 g/mol. The topological polar surface area (TPSA) is 58.6 Å². The molecule has 17 heavy (non-hydrogen) atoms. The Morgan fingerprint density at radius 1 is 1.53 bits per heavy atom. The van der Waals surface area contributed by atoms with Crippen molar-refractivity contribution < 1.29 is 14.3 Å². The van der Waals surface area contributed by atoms with Gasteiger partial charge in [0.15, 0.2) is 0 Å². The number of hydrogen-bond donors (Lipinski definition) is 1. The van der Waals surface area contributed by atoms with Crippen molar-refractivity contribution in [1.29, 1.82) is 0 Å². The van der Waals surface area contributed by atoms with Crippen LogP contribution in [0.5, 0.6) is 0 Å². The third-order valence-electron chi connectivity index (χ3n) is 3.87. The Morgan fingerprint density at radius 2 is 2.24 bits per heavy atom. The Hall–Kier alpha value is -1.10. The van der Waals surface area contributed by atoms with E-state index >= 15 is 0 Å². The van der Waals surface area contributed by atoms with Crippen LogP contribution in [0.25, 0.3) is 0 Å². The molecular formula is C12H20N2O3. The van der Waals surface area contributed by atoms with Crippen LogP contribution in [0.1, 0.15) is 33.6 Å². The summed E-state index contributed by atoms with van der Waals surface area (Å²) in [5.74, 6) is -0.0542. The van der Waals surface area contributed by atoms with E-state index in [2.05, 4.69) is 5.32 Å². The Bertz CT molecular complexity index is 337. The third-order valence-corrected chi connectivity index (χ3v) is 3.87. The monoisotopic (exact) mass is 240 g/mol. The van der Waals surface area contributed by atoms with Crippen molar-refractivity contribution in [3.8, 4) is 0 Å². The Balaban J connectivity index is 2.08. The lowest BCUT2D eigenvalue weighted by atomic mass is 9.88. The van der Waals surface area contributed by atoms with Gasteiger partial charge in [0.1, 0.15) is 5.54 Å². The number of carbonyl (C=O) groups excluding carboxylic acids is 2. The molecule has 0 aliphatic carbocycles. The summed E-state index contributed by atoms with van der Waals surface area (Å²) >= 11 is 0. The standard InChI is InChI=1S/C12H20N2O3/c1-8(2)12(3)10(15)14(11(16)13-12)7-9-5-4-6-17-9/h8-9H,4-7H2,1-3H3,(H,13,16). The normalized spacial score (nSPS) is 33.6. The molecule has 2 aliphatic rings. The molecule has 2 aliphatic heterocycles. The number of nitrogens with zero attached hydrogens (tertiary/aromatic N) is 1. The Kier molecular flexibility index (Phi) is 3.12. The lowest BCUT2D eigenvalue weighted by Gasteiger charge is -2.26. The SMILES string of the molecule is CC(C)C1(C)NC(=O)N(CC2CCCO2)C1=O. The van der Waals surface area contributed by atoms with Gasteiger partial charge in [-0.3, -0.25) is 9.69 Å². The van der Waals surface area contributed by atoms with Crippen molar-refractivity contribution >= 4 is 11.9 Å². The van der Waals surface area contributed by atoms with E-state index in [1.54, 1.807) is 6.92 Å². The lowest BCUT2D eigenvalue weighted by molar-refractivity contribution is -0.133. The number of ether oxygens (including phenoxy) is 1. The number of imide groups is 1. The van der Waals surface area contributed by atoms with Crippen LogP contribution in [0.15, 0.2) is 0 Å². The Labute approximate surface area is 101 Å². The van der Waals surface area contributed by atoms with Gasteiger partial charge in [-0.05, 0) is 25.7 Å². The van der Waals surface area contributed by atoms with Gasteiger partial charge in [0.05, 0.1) is 12.6 Å². The van der Waals surface area contributed by atoms with Crippen LogP contribution in [0, 0.1) is 5.92 Å². The van der Waals surface area contributed by atoms with E-state index in [1.807, 2.05) is 13.8 Å². The van der Waals surface area contributed by atoms with Crippen LogP contribution >= 0.6 is 0 Å². The predicted octanol–water partition coefficient (Wildman–Crippen LogP) is 1.13. The van der Waals surface area contributed by atoms with E-state index in [0.29, 0.717) is 6.54 Å². The molecule has 5 heteroatoms. The fourth-order valence-corrected chi connectivity index (χ4v) is 2.26. The van der Waals surface area contributed by atoms with Crippen LogP contribution in [0.2, 0.25) is 0 Å². The number of nitrogens with one attached hydrogen (secondary N) is 1. The third kappa shape index (κ3) is 2.04. The highest BCUT2D eigenvalue weighted by Gasteiger charge is 2.50. The smallest absolute Gasteiger partial charge is 0.325 e. The van der Waals surface area contributed by atoms with E-state index in [1.165, 1.54) is 4.90 Å². The second-order valence-corrected chi connectivity index (χ2v) is 5.34. The zero-order valence-corrected chi connectivity index (χ0v) is 10.7. The first kappa shape index (κ1) is 12.4. The van der Waals surface area contributed by atoms with E-state index in [9.17, 15) is 9.59 Å². The summed E-state index contributed by atoms with van der Waals surface area (Å²) in [4.78, 5) is 25.4. The molecule has 0 radical (unpaired) electrons. The molecule has 2 fully saturated rings. The fraction of sp³-hybridized carbons (Fsp3) is 0.833. The zero-order valence-electron chi connectivity index (χ0n) is 10.7. The molecule has 2 saturated heterocycles. The predicted molar refractivity (Wildman–Crippen MR) is 62.5 cm³/mol. The molecule has 2 heterocycles. The second-order valence-electron chi connectivity index (χ2n) is 5.34. The van der Waals surface area contributed by atoms with E-state index in [4.69, 9.17) is 4.74 Å². The maximum Gasteiger partial charge on any atom is 0.325 e. The van der Waals surface area contributed by atoms with E-state index in [-0.39, 0.29) is 24.0 Å². The first-order valence-electron chi connectivity index (χ1n) is 6.21. The summed E-state index contributed by atoms with van der Waals surface area (Å²) < 4.78 is 5.47. The molecule has 1 N–H and O–H groups in total. The summed E-state index contributed by atoms with van der Waals surface area (Å²) in [5, 5.41) is 2.79. The zero-order chi connectivity index (χ0) is 12.6. The molecule has 3 amide bonds. The van der Waals surface area contributed by atoms with E-state index in [0.717, 1.165) is 19.4 Å². The largest absolute Gasteiger partial charge is 0.376 e. The second kappa shape index (κ2) is 4.29. The Morgan fingerprint density at radius 3 is 2.71 bits per heavy atom. The molecule has 96 valence electrons. The van der Waals surface area contributed by atoms with Crippen LogP contribution in [-0.4, -0.2) is 41.6 Å². The number of carbonyl (C=O) groups is 2. The van der Waals surface area contributed by atoms with Gasteiger partial charge in [-0.2, -0.15) is 0 Å². The van der Waals surface area contributed by atoms with Gasteiger partial charge in [-0.1, -0.05) is 13.8 Å². The van der Waals surface area contributed by atoms with Crippen LogP contribution in [0.4, 0.5) is 4.79 Å². The lowest BCUT2D eigenvalue weighted by Crippen LogP contribution is -2.48. The highest BCUT2D eigenvalue weighted by Crippen LogP contribution is 2.26. The minimum Gasteiger partial charge on any atom is -0.376 e. The molecule has 2 unspecified atom stereocenters. The van der Waals surface area contributed by atoms with E-state index < -0.39 is 5.54 Å². The molecule has 5 nitrogen and oxygen atoms in total. The highest BCUT2D eigenvalue weighted by molar-refractivity contribution is 6.06. The number of hydrogen-bond acceptors (Lipinski definition) is 3. The molecule has 2 rings (SSSR count). The van der Waals surface area contributed by atoms with Crippen molar-refractivity contribution in [3.05, 3.63) is 0 Å². The van der Waals surface area contributed by atoms with Crippen molar-refractivity contribution in [3.63, 3.8) is 0 Å². The molecule has 0 aromatic rings. The van der Waals surface area contributed by atoms with Gasteiger partial charge in [-0.25, -0.2) is 4.79 Å². The molecule has 0 saturated carbocycles. The summed E-state index contributed by atoms with van der Waals surface area (Å²) in [5.41, 5.74) is -0.768.